The Balaban J connectivity index is 2.45. The number of quaternary nitrogens is 1. The summed E-state index contributed by atoms with van der Waals surface area (Å²) in [4.78, 5) is 36.7. The molecule has 138 valence electrons. The van der Waals surface area contributed by atoms with Gasteiger partial charge in [-0.1, -0.05) is 6.92 Å². The van der Waals surface area contributed by atoms with E-state index in [1.807, 2.05) is 6.92 Å². The second kappa shape index (κ2) is 11.2. The number of esters is 1. The van der Waals surface area contributed by atoms with E-state index in [-0.39, 0.29) is 0 Å². The van der Waals surface area contributed by atoms with Gasteiger partial charge in [-0.3, -0.25) is 9.59 Å². The van der Waals surface area contributed by atoms with Crippen molar-refractivity contribution in [3.63, 3.8) is 0 Å². The summed E-state index contributed by atoms with van der Waals surface area (Å²) in [6.45, 7) is 9.63. The number of likely N-dealkylation sites (N-methyl/N-ethyl adjacent to an activating group) is 1. The highest BCUT2D eigenvalue weighted by Gasteiger charge is 2.14. The van der Waals surface area contributed by atoms with Crippen molar-refractivity contribution in [3.8, 4) is 0 Å². The highest BCUT2D eigenvalue weighted by molar-refractivity contribution is 6.39. The third-order valence-corrected chi connectivity index (χ3v) is 3.79. The Kier molecular flexibility index (Phi) is 9.24. The summed E-state index contributed by atoms with van der Waals surface area (Å²) in [6.07, 6.45) is 0.755. The van der Waals surface area contributed by atoms with Crippen molar-refractivity contribution < 1.29 is 24.0 Å². The monoisotopic (exact) mass is 350 g/mol. The van der Waals surface area contributed by atoms with Crippen LogP contribution in [0.1, 0.15) is 37.6 Å². The lowest BCUT2D eigenvalue weighted by Crippen LogP contribution is -3.12. The van der Waals surface area contributed by atoms with Gasteiger partial charge in [0.05, 0.1) is 38.3 Å². The second-order valence-corrected chi connectivity index (χ2v) is 5.63. The molecule has 0 saturated carbocycles. The number of anilines is 1. The van der Waals surface area contributed by atoms with Gasteiger partial charge in [0.15, 0.2) is 0 Å². The highest BCUT2D eigenvalue weighted by atomic mass is 16.5. The van der Waals surface area contributed by atoms with E-state index in [1.54, 1.807) is 24.3 Å². The van der Waals surface area contributed by atoms with E-state index in [0.29, 0.717) is 24.4 Å². The SMILES string of the molecule is CCCOC(=O)c1ccc(NC(=O)C(=O)NCC[NH+](CC)CC)cc1. The van der Waals surface area contributed by atoms with Crippen molar-refractivity contribution in [2.45, 2.75) is 27.2 Å². The van der Waals surface area contributed by atoms with Crippen molar-refractivity contribution in [3.05, 3.63) is 29.8 Å². The molecule has 0 atom stereocenters. The Morgan fingerprint density at radius 3 is 2.20 bits per heavy atom. The third-order valence-electron chi connectivity index (χ3n) is 3.79. The Morgan fingerprint density at radius 2 is 1.64 bits per heavy atom. The molecule has 25 heavy (non-hydrogen) atoms. The normalized spacial score (nSPS) is 10.4. The summed E-state index contributed by atoms with van der Waals surface area (Å²) in [5, 5.41) is 5.12. The van der Waals surface area contributed by atoms with Gasteiger partial charge >= 0.3 is 17.8 Å². The van der Waals surface area contributed by atoms with Gasteiger partial charge < -0.3 is 20.3 Å². The molecule has 0 heterocycles. The van der Waals surface area contributed by atoms with Crippen LogP contribution in [-0.4, -0.2) is 50.6 Å². The Hall–Kier alpha value is -2.41. The van der Waals surface area contributed by atoms with Crippen LogP contribution in [0, 0.1) is 0 Å². The molecule has 0 saturated heterocycles. The summed E-state index contributed by atoms with van der Waals surface area (Å²) < 4.78 is 5.03. The van der Waals surface area contributed by atoms with E-state index >= 15 is 0 Å². The molecular weight excluding hydrogens is 322 g/mol. The molecule has 0 aliphatic heterocycles. The minimum absolute atomic E-state index is 0.368. The molecule has 2 amide bonds. The molecule has 0 bridgehead atoms. The van der Waals surface area contributed by atoms with Crippen molar-refractivity contribution in [1.82, 2.24) is 5.32 Å². The molecular formula is C18H28N3O4+. The van der Waals surface area contributed by atoms with E-state index in [0.717, 1.165) is 26.1 Å². The fourth-order valence-electron chi connectivity index (χ4n) is 2.19. The first-order chi connectivity index (χ1) is 12.0. The zero-order valence-electron chi connectivity index (χ0n) is 15.2. The molecule has 0 aliphatic rings. The fraction of sp³-hybridized carbons (Fsp3) is 0.500. The number of carbonyl (C=O) groups excluding carboxylic acids is 3. The van der Waals surface area contributed by atoms with Gasteiger partial charge in [0, 0.05) is 5.69 Å². The average Bonchev–Trinajstić information content (AvgIpc) is 2.63. The minimum atomic E-state index is -0.726. The summed E-state index contributed by atoms with van der Waals surface area (Å²) in [7, 11) is 0. The second-order valence-electron chi connectivity index (χ2n) is 5.63. The zero-order chi connectivity index (χ0) is 18.7. The first-order valence-electron chi connectivity index (χ1n) is 8.71. The van der Waals surface area contributed by atoms with E-state index in [2.05, 4.69) is 24.5 Å². The molecule has 3 N–H and O–H groups in total. The Labute approximate surface area is 148 Å². The van der Waals surface area contributed by atoms with Crippen molar-refractivity contribution in [2.75, 3.05) is 38.1 Å². The number of carbonyl (C=O) groups is 3. The molecule has 7 heteroatoms. The topological polar surface area (TPSA) is 88.9 Å². The highest BCUT2D eigenvalue weighted by Crippen LogP contribution is 2.10. The van der Waals surface area contributed by atoms with Gasteiger partial charge in [0.25, 0.3) is 0 Å². The number of hydrogen-bond donors (Lipinski definition) is 3. The standard InChI is InChI=1S/C18H27N3O4/c1-4-13-25-18(24)14-7-9-15(10-8-14)20-17(23)16(22)19-11-12-21(5-2)6-3/h7-10H,4-6,11-13H2,1-3H3,(H,19,22)(H,20,23)/p+1. The van der Waals surface area contributed by atoms with E-state index < -0.39 is 17.8 Å². The number of nitrogens with one attached hydrogen (secondary N) is 3. The summed E-state index contributed by atoms with van der Waals surface area (Å²) in [6, 6.07) is 6.23. The van der Waals surface area contributed by atoms with Gasteiger partial charge in [-0.15, -0.1) is 0 Å². The van der Waals surface area contributed by atoms with Crippen LogP contribution in [0.2, 0.25) is 0 Å². The van der Waals surface area contributed by atoms with Crippen LogP contribution in [0.3, 0.4) is 0 Å². The smallest absolute Gasteiger partial charge is 0.338 e. The molecule has 0 radical (unpaired) electrons. The van der Waals surface area contributed by atoms with E-state index in [9.17, 15) is 14.4 Å². The summed E-state index contributed by atoms with van der Waals surface area (Å²) in [5.41, 5.74) is 0.847. The molecule has 1 aromatic rings. The van der Waals surface area contributed by atoms with Gasteiger partial charge in [-0.05, 0) is 44.5 Å². The van der Waals surface area contributed by atoms with Gasteiger partial charge in [0.1, 0.15) is 0 Å². The first kappa shape index (κ1) is 20.6. The number of ether oxygens (including phenoxy) is 1. The van der Waals surface area contributed by atoms with Gasteiger partial charge in [-0.2, -0.15) is 0 Å². The lowest BCUT2D eigenvalue weighted by Gasteiger charge is -2.15. The van der Waals surface area contributed by atoms with Crippen LogP contribution in [0.25, 0.3) is 0 Å². The van der Waals surface area contributed by atoms with Crippen LogP contribution in [0.4, 0.5) is 5.69 Å². The molecule has 0 aliphatic carbocycles. The van der Waals surface area contributed by atoms with Crippen molar-refractivity contribution in [2.24, 2.45) is 0 Å². The maximum absolute atomic E-state index is 11.9. The largest absolute Gasteiger partial charge is 0.462 e. The maximum atomic E-state index is 11.9. The predicted molar refractivity (Wildman–Crippen MR) is 95.6 cm³/mol. The fourth-order valence-corrected chi connectivity index (χ4v) is 2.19. The van der Waals surface area contributed by atoms with Crippen LogP contribution >= 0.6 is 0 Å². The summed E-state index contributed by atoms with van der Waals surface area (Å²) >= 11 is 0. The molecule has 0 spiro atoms. The lowest BCUT2D eigenvalue weighted by molar-refractivity contribution is -0.895. The quantitative estimate of drug-likeness (QED) is 0.439. The first-order valence-corrected chi connectivity index (χ1v) is 8.71. The molecule has 7 nitrogen and oxygen atoms in total. The zero-order valence-corrected chi connectivity index (χ0v) is 15.2. The molecule has 1 rings (SSSR count). The van der Waals surface area contributed by atoms with Crippen LogP contribution in [-0.2, 0) is 14.3 Å². The Morgan fingerprint density at radius 1 is 1.00 bits per heavy atom. The van der Waals surface area contributed by atoms with E-state index in [1.165, 1.54) is 4.90 Å². The molecule has 0 unspecified atom stereocenters. The van der Waals surface area contributed by atoms with Crippen molar-refractivity contribution >= 4 is 23.5 Å². The Bertz CT molecular complexity index is 568. The van der Waals surface area contributed by atoms with Crippen LogP contribution in [0.5, 0.6) is 0 Å². The van der Waals surface area contributed by atoms with Gasteiger partial charge in [0.2, 0.25) is 0 Å². The van der Waals surface area contributed by atoms with Crippen molar-refractivity contribution in [1.29, 1.82) is 0 Å². The predicted octanol–water partition coefficient (Wildman–Crippen LogP) is 0.233. The molecule has 1 aromatic carbocycles. The number of amides is 2. The maximum Gasteiger partial charge on any atom is 0.338 e. The van der Waals surface area contributed by atoms with Crippen LogP contribution in [0.15, 0.2) is 24.3 Å². The van der Waals surface area contributed by atoms with Crippen LogP contribution < -0.4 is 15.5 Å². The van der Waals surface area contributed by atoms with E-state index in [4.69, 9.17) is 4.74 Å². The summed E-state index contributed by atoms with van der Waals surface area (Å²) in [5.74, 6) is -1.80. The number of hydrogen-bond acceptors (Lipinski definition) is 4. The van der Waals surface area contributed by atoms with Gasteiger partial charge in [-0.25, -0.2) is 4.79 Å². The minimum Gasteiger partial charge on any atom is -0.462 e. The lowest BCUT2D eigenvalue weighted by atomic mass is 10.2. The molecule has 0 fully saturated rings. The average molecular weight is 350 g/mol. The number of benzene rings is 1. The third kappa shape index (κ3) is 7.34. The number of rotatable bonds is 9. The molecule has 0 aromatic heterocycles.